The van der Waals surface area contributed by atoms with E-state index < -0.39 is 15.8 Å². The second-order valence-corrected chi connectivity index (χ2v) is 8.48. The Kier molecular flexibility index (Phi) is 4.78. The number of hydrogen-bond acceptors (Lipinski definition) is 4. The SMILES string of the molecule is CS(=O)(=O)Nc1cc(C(=O)NC2CCN(CC3CC3)C2)ccc1F. The summed E-state index contributed by atoms with van der Waals surface area (Å²) >= 11 is 0. The Bertz CT molecular complexity index is 734. The van der Waals surface area contributed by atoms with Crippen molar-refractivity contribution in [3.63, 3.8) is 0 Å². The van der Waals surface area contributed by atoms with Gasteiger partial charge in [-0.3, -0.25) is 9.52 Å². The minimum Gasteiger partial charge on any atom is -0.348 e. The summed E-state index contributed by atoms with van der Waals surface area (Å²) in [7, 11) is -3.61. The smallest absolute Gasteiger partial charge is 0.251 e. The van der Waals surface area contributed by atoms with Gasteiger partial charge in [0.05, 0.1) is 11.9 Å². The average Bonchev–Trinajstić information content (AvgIpc) is 3.18. The van der Waals surface area contributed by atoms with E-state index in [1.807, 2.05) is 0 Å². The van der Waals surface area contributed by atoms with Gasteiger partial charge >= 0.3 is 0 Å². The van der Waals surface area contributed by atoms with E-state index in [0.29, 0.717) is 0 Å². The molecule has 3 rings (SSSR count). The zero-order chi connectivity index (χ0) is 17.3. The maximum absolute atomic E-state index is 13.7. The Balaban J connectivity index is 1.61. The van der Waals surface area contributed by atoms with Crippen LogP contribution in [0.3, 0.4) is 0 Å². The number of nitrogens with one attached hydrogen (secondary N) is 2. The van der Waals surface area contributed by atoms with Crippen LogP contribution in [0.15, 0.2) is 18.2 Å². The van der Waals surface area contributed by atoms with Gasteiger partial charge in [0, 0.05) is 31.2 Å². The number of hydrogen-bond donors (Lipinski definition) is 2. The first-order chi connectivity index (χ1) is 11.3. The summed E-state index contributed by atoms with van der Waals surface area (Å²) in [6.07, 6.45) is 4.44. The highest BCUT2D eigenvalue weighted by Crippen LogP contribution is 2.30. The van der Waals surface area contributed by atoms with Gasteiger partial charge < -0.3 is 10.2 Å². The first-order valence-corrected chi connectivity index (χ1v) is 10.00. The number of sulfonamides is 1. The maximum Gasteiger partial charge on any atom is 0.251 e. The van der Waals surface area contributed by atoms with Crippen molar-refractivity contribution in [3.05, 3.63) is 29.6 Å². The first kappa shape index (κ1) is 17.2. The molecule has 1 aliphatic heterocycles. The molecular weight excluding hydrogens is 333 g/mol. The molecule has 1 heterocycles. The van der Waals surface area contributed by atoms with E-state index in [4.69, 9.17) is 0 Å². The highest BCUT2D eigenvalue weighted by atomic mass is 32.2. The Morgan fingerprint density at radius 2 is 2.08 bits per heavy atom. The minimum atomic E-state index is -3.61. The lowest BCUT2D eigenvalue weighted by Crippen LogP contribution is -2.37. The molecule has 2 aliphatic rings. The van der Waals surface area contributed by atoms with Crippen LogP contribution in [-0.2, 0) is 10.0 Å². The van der Waals surface area contributed by atoms with Gasteiger partial charge in [-0.15, -0.1) is 0 Å². The Morgan fingerprint density at radius 3 is 2.75 bits per heavy atom. The summed E-state index contributed by atoms with van der Waals surface area (Å²) in [4.78, 5) is 14.7. The van der Waals surface area contributed by atoms with Crippen LogP contribution in [0.2, 0.25) is 0 Å². The summed E-state index contributed by atoms with van der Waals surface area (Å²) < 4.78 is 38.3. The van der Waals surface area contributed by atoms with Crippen molar-refractivity contribution in [2.24, 2.45) is 5.92 Å². The van der Waals surface area contributed by atoms with Gasteiger partial charge in [-0.1, -0.05) is 0 Å². The van der Waals surface area contributed by atoms with E-state index in [9.17, 15) is 17.6 Å². The van der Waals surface area contributed by atoms with Crippen molar-refractivity contribution >= 4 is 21.6 Å². The summed E-state index contributed by atoms with van der Waals surface area (Å²) in [5, 5.41) is 2.95. The molecule has 1 unspecified atom stereocenters. The lowest BCUT2D eigenvalue weighted by Gasteiger charge is -2.16. The summed E-state index contributed by atoms with van der Waals surface area (Å²) in [5.74, 6) is -0.209. The van der Waals surface area contributed by atoms with Crippen molar-refractivity contribution in [2.45, 2.75) is 25.3 Å². The number of carbonyl (C=O) groups excluding carboxylic acids is 1. The number of amides is 1. The van der Waals surface area contributed by atoms with Crippen LogP contribution in [0, 0.1) is 11.7 Å². The molecule has 8 heteroatoms. The molecule has 6 nitrogen and oxygen atoms in total. The van der Waals surface area contributed by atoms with Gasteiger partial charge in [0.1, 0.15) is 5.82 Å². The highest BCUT2D eigenvalue weighted by molar-refractivity contribution is 7.92. The lowest BCUT2D eigenvalue weighted by atomic mass is 10.1. The molecule has 2 fully saturated rings. The monoisotopic (exact) mass is 355 g/mol. The van der Waals surface area contributed by atoms with Crippen LogP contribution >= 0.6 is 0 Å². The number of benzene rings is 1. The lowest BCUT2D eigenvalue weighted by molar-refractivity contribution is 0.0937. The average molecular weight is 355 g/mol. The molecule has 1 aromatic carbocycles. The van der Waals surface area contributed by atoms with Crippen LogP contribution in [0.1, 0.15) is 29.6 Å². The van der Waals surface area contributed by atoms with Crippen LogP contribution < -0.4 is 10.0 Å². The van der Waals surface area contributed by atoms with E-state index in [1.54, 1.807) is 0 Å². The standard InChI is InChI=1S/C16H22FN3O3S/c1-24(22,23)19-15-8-12(4-5-14(15)17)16(21)18-13-6-7-20(10-13)9-11-2-3-11/h4-5,8,11,13,19H,2-3,6-7,9-10H2,1H3,(H,18,21). The molecule has 1 aliphatic carbocycles. The van der Waals surface area contributed by atoms with Crippen LogP contribution in [0.25, 0.3) is 0 Å². The quantitative estimate of drug-likeness (QED) is 0.809. The molecule has 1 saturated carbocycles. The van der Waals surface area contributed by atoms with Gasteiger partial charge in [-0.05, 0) is 43.4 Å². The fourth-order valence-corrected chi connectivity index (χ4v) is 3.55. The minimum absolute atomic E-state index is 0.0765. The largest absolute Gasteiger partial charge is 0.348 e. The molecule has 0 radical (unpaired) electrons. The second-order valence-electron chi connectivity index (χ2n) is 6.73. The normalized spacial score (nSPS) is 21.7. The number of anilines is 1. The fraction of sp³-hybridized carbons (Fsp3) is 0.562. The predicted molar refractivity (Wildman–Crippen MR) is 89.9 cm³/mol. The second kappa shape index (κ2) is 6.68. The Morgan fingerprint density at radius 1 is 1.33 bits per heavy atom. The van der Waals surface area contributed by atoms with Gasteiger partial charge in [-0.2, -0.15) is 0 Å². The zero-order valence-electron chi connectivity index (χ0n) is 13.6. The van der Waals surface area contributed by atoms with E-state index in [1.165, 1.54) is 25.0 Å². The molecular formula is C16H22FN3O3S. The summed E-state index contributed by atoms with van der Waals surface area (Å²) in [5.41, 5.74) is 0.0233. The Labute approximate surface area is 141 Å². The highest BCUT2D eigenvalue weighted by Gasteiger charge is 2.30. The summed E-state index contributed by atoms with van der Waals surface area (Å²) in [6.45, 7) is 2.91. The van der Waals surface area contributed by atoms with E-state index in [2.05, 4.69) is 14.9 Å². The van der Waals surface area contributed by atoms with Crippen molar-refractivity contribution in [3.8, 4) is 0 Å². The van der Waals surface area contributed by atoms with Gasteiger partial charge in [0.25, 0.3) is 5.91 Å². The third-order valence-electron chi connectivity index (χ3n) is 4.34. The molecule has 1 aromatic rings. The number of carbonyl (C=O) groups is 1. The molecule has 1 saturated heterocycles. The van der Waals surface area contributed by atoms with Crippen molar-refractivity contribution in [1.82, 2.24) is 10.2 Å². The van der Waals surface area contributed by atoms with Gasteiger partial charge in [0.15, 0.2) is 0 Å². The molecule has 2 N–H and O–H groups in total. The van der Waals surface area contributed by atoms with Crippen LogP contribution in [-0.4, -0.2) is 51.2 Å². The van der Waals surface area contributed by atoms with Gasteiger partial charge in [0.2, 0.25) is 10.0 Å². The molecule has 0 aromatic heterocycles. The summed E-state index contributed by atoms with van der Waals surface area (Å²) in [6, 6.07) is 3.75. The van der Waals surface area contributed by atoms with Crippen molar-refractivity contribution < 1.29 is 17.6 Å². The number of rotatable bonds is 6. The predicted octanol–water partition coefficient (Wildman–Crippen LogP) is 1.41. The van der Waals surface area contributed by atoms with Gasteiger partial charge in [-0.25, -0.2) is 12.8 Å². The third kappa shape index (κ3) is 4.67. The molecule has 1 amide bonds. The molecule has 0 spiro atoms. The fourth-order valence-electron chi connectivity index (χ4n) is 3.00. The molecule has 132 valence electrons. The molecule has 1 atom stereocenters. The van der Waals surface area contributed by atoms with E-state index >= 15 is 0 Å². The first-order valence-electron chi connectivity index (χ1n) is 8.11. The van der Waals surface area contributed by atoms with E-state index in [-0.39, 0.29) is 23.2 Å². The van der Waals surface area contributed by atoms with E-state index in [0.717, 1.165) is 44.3 Å². The zero-order valence-corrected chi connectivity index (χ0v) is 14.4. The maximum atomic E-state index is 13.7. The van der Waals surface area contributed by atoms with Crippen molar-refractivity contribution in [1.29, 1.82) is 0 Å². The number of halogens is 1. The third-order valence-corrected chi connectivity index (χ3v) is 4.94. The molecule has 0 bridgehead atoms. The topological polar surface area (TPSA) is 78.5 Å². The molecule has 24 heavy (non-hydrogen) atoms. The Hall–Kier alpha value is -1.67. The van der Waals surface area contributed by atoms with Crippen LogP contribution in [0.4, 0.5) is 10.1 Å². The van der Waals surface area contributed by atoms with Crippen LogP contribution in [0.5, 0.6) is 0 Å². The number of likely N-dealkylation sites (tertiary alicyclic amines) is 1. The van der Waals surface area contributed by atoms with Crippen molar-refractivity contribution in [2.75, 3.05) is 30.6 Å². The number of nitrogens with zero attached hydrogens (tertiary/aromatic N) is 1.